The zero-order valence-electron chi connectivity index (χ0n) is 15.5. The first-order valence-electron chi connectivity index (χ1n) is 9.29. The molecule has 1 N–H and O–H groups in total. The molecule has 0 unspecified atom stereocenters. The molecule has 25 heavy (non-hydrogen) atoms. The van der Waals surface area contributed by atoms with Crippen LogP contribution in [-0.4, -0.2) is 23.5 Å². The van der Waals surface area contributed by atoms with E-state index in [1.807, 2.05) is 37.3 Å². The average Bonchev–Trinajstić information content (AvgIpc) is 3.22. The number of aromatic nitrogens is 1. The molecule has 0 atom stereocenters. The third-order valence-electron chi connectivity index (χ3n) is 5.10. The van der Waals surface area contributed by atoms with Gasteiger partial charge in [0.2, 0.25) is 0 Å². The predicted molar refractivity (Wildman–Crippen MR) is 102 cm³/mol. The van der Waals surface area contributed by atoms with E-state index in [0.717, 1.165) is 22.7 Å². The van der Waals surface area contributed by atoms with Crippen LogP contribution in [0.5, 0.6) is 5.75 Å². The summed E-state index contributed by atoms with van der Waals surface area (Å²) in [5.74, 6) is 0.915. The number of carbonyl (C=O) groups excluding carboxylic acids is 1. The Bertz CT molecular complexity index is 742. The number of anilines is 1. The quantitative estimate of drug-likeness (QED) is 0.728. The van der Waals surface area contributed by atoms with Gasteiger partial charge in [0.25, 0.3) is 0 Å². The van der Waals surface area contributed by atoms with Crippen molar-refractivity contribution < 1.29 is 9.53 Å². The van der Waals surface area contributed by atoms with Crippen LogP contribution in [0.4, 0.5) is 5.69 Å². The monoisotopic (exact) mass is 340 g/mol. The minimum atomic E-state index is 0.128. The van der Waals surface area contributed by atoms with Crippen molar-refractivity contribution in [2.45, 2.75) is 52.5 Å². The van der Waals surface area contributed by atoms with Crippen LogP contribution in [0.15, 0.2) is 30.3 Å². The number of nitrogens with one attached hydrogen (secondary N) is 1. The molecule has 1 aliphatic rings. The Labute approximate surface area is 150 Å². The first-order chi connectivity index (χ1) is 12.1. The molecular formula is C21H28N2O2. The van der Waals surface area contributed by atoms with Gasteiger partial charge in [-0.15, -0.1) is 0 Å². The molecule has 4 nitrogen and oxygen atoms in total. The van der Waals surface area contributed by atoms with Gasteiger partial charge in [0, 0.05) is 23.0 Å². The number of Topliss-reactive ketones (excluding diaryl/α,β-unsaturated/α-hetero) is 1. The Morgan fingerprint density at radius 2 is 1.96 bits per heavy atom. The van der Waals surface area contributed by atoms with Crippen molar-refractivity contribution >= 4 is 11.5 Å². The van der Waals surface area contributed by atoms with Crippen molar-refractivity contribution in [1.82, 2.24) is 4.57 Å². The third kappa shape index (κ3) is 3.73. The van der Waals surface area contributed by atoms with Gasteiger partial charge < -0.3 is 14.6 Å². The van der Waals surface area contributed by atoms with E-state index in [4.69, 9.17) is 4.74 Å². The molecule has 0 aliphatic heterocycles. The highest BCUT2D eigenvalue weighted by Crippen LogP contribution is 2.33. The highest BCUT2D eigenvalue weighted by Gasteiger charge is 2.23. The summed E-state index contributed by atoms with van der Waals surface area (Å²) in [7, 11) is 0. The van der Waals surface area contributed by atoms with E-state index in [2.05, 4.69) is 23.7 Å². The lowest BCUT2D eigenvalue weighted by atomic mass is 10.1. The van der Waals surface area contributed by atoms with Crippen LogP contribution in [0.3, 0.4) is 0 Å². The normalized spacial score (nSPS) is 14.7. The Morgan fingerprint density at radius 1 is 1.24 bits per heavy atom. The van der Waals surface area contributed by atoms with Gasteiger partial charge in [-0.3, -0.25) is 4.79 Å². The van der Waals surface area contributed by atoms with Gasteiger partial charge in [0.05, 0.1) is 18.8 Å². The van der Waals surface area contributed by atoms with E-state index in [-0.39, 0.29) is 12.3 Å². The van der Waals surface area contributed by atoms with Crippen molar-refractivity contribution in [3.05, 3.63) is 47.3 Å². The first kappa shape index (κ1) is 17.6. The standard InChI is InChI=1S/C21H28N2O2/c1-4-25-21-12-8-7-11-19(21)22-14-20(24)18-13-15(2)23(16(18)3)17-9-5-6-10-17/h7-8,11-13,17,22H,4-6,9-10,14H2,1-3H3. The first-order valence-corrected chi connectivity index (χ1v) is 9.29. The maximum atomic E-state index is 12.8. The number of nitrogens with zero attached hydrogens (tertiary/aromatic N) is 1. The molecule has 0 saturated heterocycles. The molecule has 0 radical (unpaired) electrons. The fourth-order valence-corrected chi connectivity index (χ4v) is 3.95. The highest BCUT2D eigenvalue weighted by atomic mass is 16.5. The number of hydrogen-bond donors (Lipinski definition) is 1. The summed E-state index contributed by atoms with van der Waals surface area (Å²) in [5, 5.41) is 3.24. The summed E-state index contributed by atoms with van der Waals surface area (Å²) in [6.07, 6.45) is 5.04. The van der Waals surface area contributed by atoms with Crippen LogP contribution in [-0.2, 0) is 0 Å². The van der Waals surface area contributed by atoms with Gasteiger partial charge in [-0.1, -0.05) is 25.0 Å². The molecule has 3 rings (SSSR count). The van der Waals surface area contributed by atoms with Crippen molar-refractivity contribution in [2.24, 2.45) is 0 Å². The second-order valence-corrected chi connectivity index (χ2v) is 6.80. The third-order valence-corrected chi connectivity index (χ3v) is 5.10. The lowest BCUT2D eigenvalue weighted by Gasteiger charge is -2.17. The maximum Gasteiger partial charge on any atom is 0.183 e. The number of ketones is 1. The summed E-state index contributed by atoms with van der Waals surface area (Å²) >= 11 is 0. The molecule has 1 aromatic heterocycles. The lowest BCUT2D eigenvalue weighted by molar-refractivity contribution is 0.101. The van der Waals surface area contributed by atoms with E-state index < -0.39 is 0 Å². The number of benzene rings is 1. The maximum absolute atomic E-state index is 12.8. The fourth-order valence-electron chi connectivity index (χ4n) is 3.95. The van der Waals surface area contributed by atoms with Gasteiger partial charge in [-0.25, -0.2) is 0 Å². The summed E-state index contributed by atoms with van der Waals surface area (Å²) in [4.78, 5) is 12.8. The van der Waals surface area contributed by atoms with Crippen LogP contribution in [0.25, 0.3) is 0 Å². The van der Waals surface area contributed by atoms with Gasteiger partial charge in [-0.2, -0.15) is 0 Å². The topological polar surface area (TPSA) is 43.3 Å². The minimum absolute atomic E-state index is 0.128. The molecule has 134 valence electrons. The molecule has 0 amide bonds. The number of hydrogen-bond acceptors (Lipinski definition) is 3. The molecule has 1 fully saturated rings. The van der Waals surface area contributed by atoms with Crippen LogP contribution in [0, 0.1) is 13.8 Å². The van der Waals surface area contributed by atoms with Crippen molar-refractivity contribution in [3.63, 3.8) is 0 Å². The predicted octanol–water partition coefficient (Wildman–Crippen LogP) is 4.91. The van der Waals surface area contributed by atoms with E-state index in [1.54, 1.807) is 0 Å². The summed E-state index contributed by atoms with van der Waals surface area (Å²) < 4.78 is 7.98. The number of rotatable bonds is 7. The van der Waals surface area contributed by atoms with E-state index in [1.165, 1.54) is 31.4 Å². The van der Waals surface area contributed by atoms with Gasteiger partial charge >= 0.3 is 0 Å². The van der Waals surface area contributed by atoms with Crippen molar-refractivity contribution in [1.29, 1.82) is 0 Å². The molecule has 1 heterocycles. The van der Waals surface area contributed by atoms with Gasteiger partial charge in [0.1, 0.15) is 5.75 Å². The largest absolute Gasteiger partial charge is 0.492 e. The lowest BCUT2D eigenvalue weighted by Crippen LogP contribution is -2.16. The molecular weight excluding hydrogens is 312 g/mol. The number of aryl methyl sites for hydroxylation is 1. The molecule has 4 heteroatoms. The second kappa shape index (κ2) is 7.77. The van der Waals surface area contributed by atoms with Crippen LogP contribution in [0.2, 0.25) is 0 Å². The Kier molecular flexibility index (Phi) is 5.47. The number of carbonyl (C=O) groups is 1. The van der Waals surface area contributed by atoms with Crippen LogP contribution < -0.4 is 10.1 Å². The van der Waals surface area contributed by atoms with E-state index >= 15 is 0 Å². The molecule has 1 saturated carbocycles. The van der Waals surface area contributed by atoms with Gasteiger partial charge in [0.15, 0.2) is 5.78 Å². The van der Waals surface area contributed by atoms with E-state index in [9.17, 15) is 4.79 Å². The van der Waals surface area contributed by atoms with Crippen molar-refractivity contribution in [2.75, 3.05) is 18.5 Å². The number of ether oxygens (including phenoxy) is 1. The second-order valence-electron chi connectivity index (χ2n) is 6.80. The van der Waals surface area contributed by atoms with Crippen LogP contribution in [0.1, 0.15) is 60.4 Å². The molecule has 0 spiro atoms. The molecule has 0 bridgehead atoms. The van der Waals surface area contributed by atoms with Gasteiger partial charge in [-0.05, 0) is 51.8 Å². The summed E-state index contributed by atoms with van der Waals surface area (Å²) in [6.45, 7) is 7.03. The van der Waals surface area contributed by atoms with Crippen LogP contribution >= 0.6 is 0 Å². The fraction of sp³-hybridized carbons (Fsp3) is 0.476. The Balaban J connectivity index is 1.73. The summed E-state index contributed by atoms with van der Waals surface area (Å²) in [6, 6.07) is 10.4. The smallest absolute Gasteiger partial charge is 0.183 e. The average molecular weight is 340 g/mol. The summed E-state index contributed by atoms with van der Waals surface area (Å²) in [5.41, 5.74) is 4.00. The Morgan fingerprint density at radius 3 is 2.68 bits per heavy atom. The molecule has 1 aliphatic carbocycles. The SMILES string of the molecule is CCOc1ccccc1NCC(=O)c1cc(C)n(C2CCCC2)c1C. The van der Waals surface area contributed by atoms with E-state index in [0.29, 0.717) is 12.6 Å². The zero-order valence-corrected chi connectivity index (χ0v) is 15.5. The van der Waals surface area contributed by atoms with Crippen molar-refractivity contribution in [3.8, 4) is 5.75 Å². The minimum Gasteiger partial charge on any atom is -0.492 e. The number of para-hydroxylation sites is 2. The molecule has 2 aromatic rings. The Hall–Kier alpha value is -2.23. The zero-order chi connectivity index (χ0) is 17.8. The highest BCUT2D eigenvalue weighted by molar-refractivity contribution is 6.00. The molecule has 1 aromatic carbocycles.